The molecule has 96 valence electrons. The fourth-order valence-corrected chi connectivity index (χ4v) is 2.22. The molecule has 3 nitrogen and oxygen atoms in total. The van der Waals surface area contributed by atoms with Gasteiger partial charge in [0.05, 0.1) is 0 Å². The van der Waals surface area contributed by atoms with Crippen LogP contribution in [0.3, 0.4) is 0 Å². The molecule has 0 fully saturated rings. The maximum atomic E-state index is 4.61. The maximum Gasteiger partial charge on any atom is 0.203 e. The lowest BCUT2D eigenvalue weighted by Gasteiger charge is -2.29. The number of anilines is 2. The Morgan fingerprint density at radius 3 is 2.32 bits per heavy atom. The van der Waals surface area contributed by atoms with E-state index in [9.17, 15) is 0 Å². The quantitative estimate of drug-likeness (QED) is 0.886. The van der Waals surface area contributed by atoms with Crippen molar-refractivity contribution in [1.82, 2.24) is 0 Å². The van der Waals surface area contributed by atoms with Gasteiger partial charge in [-0.05, 0) is 30.7 Å². The van der Waals surface area contributed by atoms with E-state index in [4.69, 9.17) is 0 Å². The van der Waals surface area contributed by atoms with Gasteiger partial charge in [0, 0.05) is 24.5 Å². The second-order valence-corrected chi connectivity index (χ2v) is 4.54. The number of nitrogens with one attached hydrogen (secondary N) is 1. The van der Waals surface area contributed by atoms with Crippen LogP contribution in [0.4, 0.5) is 11.4 Å². The van der Waals surface area contributed by atoms with Crippen LogP contribution >= 0.6 is 0 Å². The van der Waals surface area contributed by atoms with E-state index in [0.717, 1.165) is 31.2 Å². The molecular formula is C16H17N3. The summed E-state index contributed by atoms with van der Waals surface area (Å²) in [5.41, 5.74) is 2.26. The van der Waals surface area contributed by atoms with Gasteiger partial charge in [0.1, 0.15) is 0 Å². The first-order valence-electron chi connectivity index (χ1n) is 6.62. The van der Waals surface area contributed by atoms with Gasteiger partial charge < -0.3 is 10.2 Å². The third-order valence-electron chi connectivity index (χ3n) is 3.15. The van der Waals surface area contributed by atoms with Crippen molar-refractivity contribution < 1.29 is 0 Å². The van der Waals surface area contributed by atoms with Crippen molar-refractivity contribution in [3.8, 4) is 0 Å². The SMILES string of the molecule is c1ccc(NC2=NCCCN2c2ccccc2)cc1. The Labute approximate surface area is 113 Å². The van der Waals surface area contributed by atoms with Gasteiger partial charge in [0.15, 0.2) is 0 Å². The minimum absolute atomic E-state index is 0.887. The molecule has 0 aromatic heterocycles. The second-order valence-electron chi connectivity index (χ2n) is 4.54. The number of guanidine groups is 1. The van der Waals surface area contributed by atoms with Gasteiger partial charge in [-0.1, -0.05) is 36.4 Å². The molecule has 0 radical (unpaired) electrons. The molecule has 1 aliphatic rings. The lowest BCUT2D eigenvalue weighted by Crippen LogP contribution is -2.40. The molecule has 1 N–H and O–H groups in total. The van der Waals surface area contributed by atoms with Crippen LogP contribution in [-0.4, -0.2) is 19.0 Å². The first kappa shape index (κ1) is 11.8. The van der Waals surface area contributed by atoms with E-state index in [0.29, 0.717) is 0 Å². The molecule has 2 aromatic rings. The van der Waals surface area contributed by atoms with E-state index in [1.165, 1.54) is 5.69 Å². The zero-order valence-electron chi connectivity index (χ0n) is 10.8. The van der Waals surface area contributed by atoms with Gasteiger partial charge in [-0.15, -0.1) is 0 Å². The standard InChI is InChI=1S/C16H17N3/c1-3-8-14(9-4-1)18-16-17-12-7-13-19(16)15-10-5-2-6-11-15/h1-6,8-11H,7,12-13H2,(H,17,18). The number of benzene rings is 2. The molecule has 0 bridgehead atoms. The third-order valence-corrected chi connectivity index (χ3v) is 3.15. The van der Waals surface area contributed by atoms with Crippen molar-refractivity contribution >= 4 is 17.3 Å². The summed E-state index contributed by atoms with van der Waals surface area (Å²) in [5.74, 6) is 0.934. The number of nitrogens with zero attached hydrogens (tertiary/aromatic N) is 2. The lowest BCUT2D eigenvalue weighted by molar-refractivity contribution is 0.788. The zero-order chi connectivity index (χ0) is 12.9. The highest BCUT2D eigenvalue weighted by Crippen LogP contribution is 2.18. The third kappa shape index (κ3) is 2.76. The van der Waals surface area contributed by atoms with Crippen LogP contribution in [0.2, 0.25) is 0 Å². The van der Waals surface area contributed by atoms with Gasteiger partial charge in [-0.2, -0.15) is 0 Å². The molecule has 1 aliphatic heterocycles. The van der Waals surface area contributed by atoms with E-state index in [1.807, 2.05) is 24.3 Å². The Bertz CT molecular complexity index is 549. The van der Waals surface area contributed by atoms with Crippen molar-refractivity contribution in [3.05, 3.63) is 60.7 Å². The van der Waals surface area contributed by atoms with Crippen molar-refractivity contribution in [2.24, 2.45) is 4.99 Å². The summed E-state index contributed by atoms with van der Waals surface area (Å²) in [6.07, 6.45) is 1.09. The van der Waals surface area contributed by atoms with Crippen LogP contribution in [0.15, 0.2) is 65.7 Å². The fourth-order valence-electron chi connectivity index (χ4n) is 2.22. The van der Waals surface area contributed by atoms with E-state index in [-0.39, 0.29) is 0 Å². The molecule has 0 atom stereocenters. The molecule has 0 amide bonds. The summed E-state index contributed by atoms with van der Waals surface area (Å²) in [6, 6.07) is 20.6. The van der Waals surface area contributed by atoms with Crippen LogP contribution in [0.5, 0.6) is 0 Å². The van der Waals surface area contributed by atoms with Crippen molar-refractivity contribution in [3.63, 3.8) is 0 Å². The highest BCUT2D eigenvalue weighted by molar-refractivity contribution is 6.05. The van der Waals surface area contributed by atoms with Crippen molar-refractivity contribution in [1.29, 1.82) is 0 Å². The number of aliphatic imine (C=N–C) groups is 1. The molecule has 0 spiro atoms. The van der Waals surface area contributed by atoms with E-state index in [1.54, 1.807) is 0 Å². The molecule has 2 aromatic carbocycles. The number of hydrogen-bond acceptors (Lipinski definition) is 3. The molecule has 0 saturated heterocycles. The predicted octanol–water partition coefficient (Wildman–Crippen LogP) is 3.36. The molecule has 3 heteroatoms. The summed E-state index contributed by atoms with van der Waals surface area (Å²) in [7, 11) is 0. The Morgan fingerprint density at radius 1 is 0.895 bits per heavy atom. The Kier molecular flexibility index (Phi) is 3.45. The molecule has 0 unspecified atom stereocenters. The minimum Gasteiger partial charge on any atom is -0.326 e. The molecule has 1 heterocycles. The first-order chi connectivity index (χ1) is 9.43. The normalized spacial score (nSPS) is 14.9. The smallest absolute Gasteiger partial charge is 0.203 e. The molecule has 3 rings (SSSR count). The maximum absolute atomic E-state index is 4.61. The predicted molar refractivity (Wildman–Crippen MR) is 80.8 cm³/mol. The summed E-state index contributed by atoms with van der Waals surface area (Å²) >= 11 is 0. The molecule has 19 heavy (non-hydrogen) atoms. The van der Waals surface area contributed by atoms with Crippen LogP contribution in [0.1, 0.15) is 6.42 Å². The van der Waals surface area contributed by atoms with Crippen molar-refractivity contribution in [2.45, 2.75) is 6.42 Å². The van der Waals surface area contributed by atoms with E-state index < -0.39 is 0 Å². The molecule has 0 aliphatic carbocycles. The average molecular weight is 251 g/mol. The van der Waals surface area contributed by atoms with Crippen LogP contribution < -0.4 is 10.2 Å². The number of para-hydroxylation sites is 2. The zero-order valence-corrected chi connectivity index (χ0v) is 10.8. The van der Waals surface area contributed by atoms with Gasteiger partial charge in [-0.3, -0.25) is 4.99 Å². The summed E-state index contributed by atoms with van der Waals surface area (Å²) < 4.78 is 0. The lowest BCUT2D eigenvalue weighted by atomic mass is 10.2. The highest BCUT2D eigenvalue weighted by atomic mass is 15.3. The summed E-state index contributed by atoms with van der Waals surface area (Å²) in [5, 5.41) is 3.41. The monoisotopic (exact) mass is 251 g/mol. The first-order valence-corrected chi connectivity index (χ1v) is 6.62. The Morgan fingerprint density at radius 2 is 1.58 bits per heavy atom. The van der Waals surface area contributed by atoms with Crippen LogP contribution in [0, 0.1) is 0 Å². The van der Waals surface area contributed by atoms with Gasteiger partial charge in [0.2, 0.25) is 5.96 Å². The molecule has 0 saturated carbocycles. The second kappa shape index (κ2) is 5.57. The average Bonchev–Trinajstić information content (AvgIpc) is 2.50. The van der Waals surface area contributed by atoms with Gasteiger partial charge in [-0.25, -0.2) is 0 Å². The fraction of sp³-hybridized carbons (Fsp3) is 0.188. The topological polar surface area (TPSA) is 27.6 Å². The van der Waals surface area contributed by atoms with Crippen molar-refractivity contribution in [2.75, 3.05) is 23.3 Å². The summed E-state index contributed by atoms with van der Waals surface area (Å²) in [4.78, 5) is 6.85. The Hall–Kier alpha value is -2.29. The van der Waals surface area contributed by atoms with Crippen LogP contribution in [0.25, 0.3) is 0 Å². The minimum atomic E-state index is 0.887. The van der Waals surface area contributed by atoms with Gasteiger partial charge >= 0.3 is 0 Å². The highest BCUT2D eigenvalue weighted by Gasteiger charge is 2.16. The van der Waals surface area contributed by atoms with Gasteiger partial charge in [0.25, 0.3) is 0 Å². The number of hydrogen-bond donors (Lipinski definition) is 1. The number of rotatable bonds is 2. The summed E-state index contributed by atoms with van der Waals surface area (Å²) in [6.45, 7) is 1.89. The van der Waals surface area contributed by atoms with Crippen LogP contribution in [-0.2, 0) is 0 Å². The van der Waals surface area contributed by atoms with E-state index in [2.05, 4.69) is 51.6 Å². The Balaban J connectivity index is 1.84. The largest absolute Gasteiger partial charge is 0.326 e. The molecular weight excluding hydrogens is 234 g/mol. The van der Waals surface area contributed by atoms with E-state index >= 15 is 0 Å².